The van der Waals surface area contributed by atoms with Crippen molar-refractivity contribution < 1.29 is 18.1 Å². The van der Waals surface area contributed by atoms with Gasteiger partial charge in [0, 0.05) is 30.1 Å². The van der Waals surface area contributed by atoms with Crippen LogP contribution in [0.15, 0.2) is 64.9 Å². The van der Waals surface area contributed by atoms with E-state index in [4.69, 9.17) is 0 Å². The highest BCUT2D eigenvalue weighted by atomic mass is 32.2. The average molecular weight is 528 g/mol. The number of carbonyl (C=O) groups excluding carboxylic acids is 1. The molecular formula is C26H29N3O5S2. The molecule has 1 aliphatic rings. The minimum Gasteiger partial charge on any atom is -0.330 e. The van der Waals surface area contributed by atoms with Crippen LogP contribution in [-0.4, -0.2) is 48.1 Å². The number of nitrogens with zero attached hydrogens (tertiary/aromatic N) is 3. The molecule has 1 amide bonds. The highest BCUT2D eigenvalue weighted by Gasteiger charge is 2.36. The first-order chi connectivity index (χ1) is 17.1. The lowest BCUT2D eigenvalue weighted by atomic mass is 9.92. The average Bonchev–Trinajstić information content (AvgIpc) is 3.32. The first kappa shape index (κ1) is 26.0. The van der Waals surface area contributed by atoms with E-state index in [-0.39, 0.29) is 41.5 Å². The Balaban J connectivity index is 1.65. The third kappa shape index (κ3) is 5.35. The van der Waals surface area contributed by atoms with Crippen molar-refractivity contribution in [2.75, 3.05) is 19.6 Å². The summed E-state index contributed by atoms with van der Waals surface area (Å²) in [5.41, 5.74) is 3.00. The van der Waals surface area contributed by atoms with Gasteiger partial charge in [-0.25, -0.2) is 8.42 Å². The van der Waals surface area contributed by atoms with Gasteiger partial charge in [-0.05, 0) is 54.0 Å². The highest BCUT2D eigenvalue weighted by Crippen LogP contribution is 2.38. The van der Waals surface area contributed by atoms with Crippen LogP contribution in [-0.2, 0) is 21.2 Å². The van der Waals surface area contributed by atoms with Crippen LogP contribution < -0.4 is 0 Å². The minimum absolute atomic E-state index is 0.0247. The number of nitro groups is 1. The van der Waals surface area contributed by atoms with Gasteiger partial charge < -0.3 is 4.90 Å². The Bertz CT molecular complexity index is 1350. The van der Waals surface area contributed by atoms with Crippen molar-refractivity contribution in [3.8, 4) is 0 Å². The smallest absolute Gasteiger partial charge is 0.269 e. The monoisotopic (exact) mass is 527 g/mol. The molecular weight excluding hydrogens is 498 g/mol. The lowest BCUT2D eigenvalue weighted by Gasteiger charge is -2.37. The number of amides is 1. The summed E-state index contributed by atoms with van der Waals surface area (Å²) in [5.74, 6) is -0.299. The maximum absolute atomic E-state index is 13.7. The molecule has 0 N–H and O–H groups in total. The molecule has 190 valence electrons. The van der Waals surface area contributed by atoms with Crippen LogP contribution in [0.5, 0.6) is 0 Å². The van der Waals surface area contributed by atoms with E-state index >= 15 is 0 Å². The third-order valence-corrected chi connectivity index (χ3v) is 9.07. The Hall–Kier alpha value is -3.08. The van der Waals surface area contributed by atoms with Crippen molar-refractivity contribution >= 4 is 33.0 Å². The Kier molecular flexibility index (Phi) is 7.58. The van der Waals surface area contributed by atoms with E-state index in [0.717, 1.165) is 23.1 Å². The van der Waals surface area contributed by atoms with Crippen LogP contribution in [0.3, 0.4) is 0 Å². The fourth-order valence-electron chi connectivity index (χ4n) is 4.48. The molecule has 3 aromatic rings. The normalized spacial score (nSPS) is 15.8. The lowest BCUT2D eigenvalue weighted by Crippen LogP contribution is -2.47. The maximum Gasteiger partial charge on any atom is 0.269 e. The number of benzene rings is 2. The zero-order valence-electron chi connectivity index (χ0n) is 20.5. The molecule has 1 aromatic heterocycles. The Morgan fingerprint density at radius 3 is 2.42 bits per heavy atom. The van der Waals surface area contributed by atoms with Gasteiger partial charge in [-0.3, -0.25) is 14.9 Å². The largest absolute Gasteiger partial charge is 0.330 e. The molecule has 1 unspecified atom stereocenters. The Morgan fingerprint density at radius 1 is 1.14 bits per heavy atom. The van der Waals surface area contributed by atoms with Crippen LogP contribution >= 0.6 is 11.3 Å². The maximum atomic E-state index is 13.7. The van der Waals surface area contributed by atoms with Crippen molar-refractivity contribution in [1.29, 1.82) is 0 Å². The lowest BCUT2D eigenvalue weighted by molar-refractivity contribution is -0.384. The van der Waals surface area contributed by atoms with E-state index in [0.29, 0.717) is 6.54 Å². The number of carbonyl (C=O) groups is 1. The fourth-order valence-corrected chi connectivity index (χ4v) is 6.94. The molecule has 0 saturated heterocycles. The van der Waals surface area contributed by atoms with Gasteiger partial charge in [0.15, 0.2) is 0 Å². The molecule has 0 fully saturated rings. The van der Waals surface area contributed by atoms with Crippen LogP contribution in [0.1, 0.15) is 41.5 Å². The molecule has 0 aliphatic carbocycles. The molecule has 2 heterocycles. The van der Waals surface area contributed by atoms with E-state index in [9.17, 15) is 23.3 Å². The summed E-state index contributed by atoms with van der Waals surface area (Å²) in [6, 6.07) is 14.6. The summed E-state index contributed by atoms with van der Waals surface area (Å²) < 4.78 is 28.2. The van der Waals surface area contributed by atoms with Crippen LogP contribution in [0, 0.1) is 23.0 Å². The molecule has 36 heavy (non-hydrogen) atoms. The first-order valence-electron chi connectivity index (χ1n) is 11.7. The topological polar surface area (TPSA) is 101 Å². The van der Waals surface area contributed by atoms with Crippen molar-refractivity contribution in [2.24, 2.45) is 5.92 Å². The van der Waals surface area contributed by atoms with E-state index in [1.807, 2.05) is 56.5 Å². The molecule has 0 radical (unpaired) electrons. The zero-order valence-corrected chi connectivity index (χ0v) is 22.1. The fraction of sp³-hybridized carbons (Fsp3) is 0.346. The van der Waals surface area contributed by atoms with E-state index in [1.165, 1.54) is 33.4 Å². The molecule has 0 bridgehead atoms. The van der Waals surface area contributed by atoms with Gasteiger partial charge in [0.2, 0.25) is 15.9 Å². The van der Waals surface area contributed by atoms with Crippen molar-refractivity contribution in [3.05, 3.63) is 91.7 Å². The highest BCUT2D eigenvalue weighted by molar-refractivity contribution is 7.89. The summed E-state index contributed by atoms with van der Waals surface area (Å²) >= 11 is 1.68. The second-order valence-corrected chi connectivity index (χ2v) is 12.3. The van der Waals surface area contributed by atoms with E-state index in [2.05, 4.69) is 0 Å². The Morgan fingerprint density at radius 2 is 1.81 bits per heavy atom. The number of aryl methyl sites for hydroxylation is 1. The van der Waals surface area contributed by atoms with E-state index < -0.39 is 14.9 Å². The number of nitro benzene ring substituents is 1. The Labute approximate surface area is 215 Å². The van der Waals surface area contributed by atoms with Gasteiger partial charge in [-0.1, -0.05) is 43.7 Å². The third-order valence-electron chi connectivity index (χ3n) is 6.25. The quantitative estimate of drug-likeness (QED) is 0.310. The molecule has 8 nitrogen and oxygen atoms in total. The zero-order chi connectivity index (χ0) is 26.0. The number of sulfonamides is 1. The van der Waals surface area contributed by atoms with Crippen molar-refractivity contribution in [1.82, 2.24) is 9.21 Å². The molecule has 1 aliphatic heterocycles. The predicted molar refractivity (Wildman–Crippen MR) is 139 cm³/mol. The van der Waals surface area contributed by atoms with Gasteiger partial charge in [0.05, 0.1) is 22.4 Å². The van der Waals surface area contributed by atoms with Gasteiger partial charge >= 0.3 is 0 Å². The summed E-state index contributed by atoms with van der Waals surface area (Å²) in [6.45, 7) is 6.12. The van der Waals surface area contributed by atoms with Gasteiger partial charge in [0.1, 0.15) is 0 Å². The predicted octanol–water partition coefficient (Wildman–Crippen LogP) is 4.79. The molecule has 1 atom stereocenters. The van der Waals surface area contributed by atoms with Crippen LogP contribution in [0.2, 0.25) is 0 Å². The SMILES string of the molecule is Cc1ccc(C2c3ccsc3CCN2C(=O)CN(CC(C)C)S(=O)(=O)c2ccc([N+](=O)[O-])cc2)cc1. The summed E-state index contributed by atoms with van der Waals surface area (Å²) in [7, 11) is -4.04. The number of fused-ring (bicyclic) bond motifs is 1. The number of rotatable bonds is 8. The van der Waals surface area contributed by atoms with Crippen molar-refractivity contribution in [3.63, 3.8) is 0 Å². The van der Waals surface area contributed by atoms with Crippen LogP contribution in [0.4, 0.5) is 5.69 Å². The first-order valence-corrected chi connectivity index (χ1v) is 14.1. The van der Waals surface area contributed by atoms with E-state index in [1.54, 1.807) is 16.2 Å². The second-order valence-electron chi connectivity index (χ2n) is 9.39. The number of thiophene rings is 1. The summed E-state index contributed by atoms with van der Waals surface area (Å²) in [4.78, 5) is 27.1. The molecule has 0 saturated carbocycles. The minimum atomic E-state index is -4.04. The summed E-state index contributed by atoms with van der Waals surface area (Å²) in [6.07, 6.45) is 0.723. The molecule has 0 spiro atoms. The van der Waals surface area contributed by atoms with Gasteiger partial charge in [-0.15, -0.1) is 11.3 Å². The van der Waals surface area contributed by atoms with Gasteiger partial charge in [0.25, 0.3) is 5.69 Å². The standard InChI is InChI=1S/C26H29N3O5S2/c1-18(2)16-27(36(33,34)22-10-8-21(9-11-22)29(31)32)17-25(30)28-14-12-24-23(13-15-35-24)26(28)20-6-4-19(3)5-7-20/h4-11,13,15,18,26H,12,14,16-17H2,1-3H3. The molecule has 10 heteroatoms. The molecule has 4 rings (SSSR count). The number of hydrogen-bond donors (Lipinski definition) is 0. The number of non-ortho nitro benzene ring substituents is 1. The van der Waals surface area contributed by atoms with Crippen molar-refractivity contribution in [2.45, 2.75) is 38.1 Å². The number of hydrogen-bond acceptors (Lipinski definition) is 6. The summed E-state index contributed by atoms with van der Waals surface area (Å²) in [5, 5.41) is 13.0. The van der Waals surface area contributed by atoms with Crippen LogP contribution in [0.25, 0.3) is 0 Å². The molecule has 2 aromatic carbocycles. The van der Waals surface area contributed by atoms with Gasteiger partial charge in [-0.2, -0.15) is 4.31 Å². The second kappa shape index (κ2) is 10.5.